The topological polar surface area (TPSA) is 51.7 Å². The Hall–Kier alpha value is -2.15. The van der Waals surface area contributed by atoms with Crippen molar-refractivity contribution in [2.45, 2.75) is 18.9 Å². The first-order valence-corrected chi connectivity index (χ1v) is 8.91. The minimum absolute atomic E-state index is 0.0108. The van der Waals surface area contributed by atoms with Crippen LogP contribution in [0.3, 0.4) is 0 Å². The number of piperidine rings is 1. The van der Waals surface area contributed by atoms with E-state index >= 15 is 0 Å². The molecule has 0 saturated carbocycles. The molecule has 136 valence electrons. The van der Waals surface area contributed by atoms with E-state index in [1.54, 1.807) is 12.3 Å². The third-order valence-corrected chi connectivity index (χ3v) is 4.91. The number of aromatic nitrogens is 1. The van der Waals surface area contributed by atoms with Gasteiger partial charge in [-0.1, -0.05) is 6.08 Å². The average Bonchev–Trinajstić information content (AvgIpc) is 2.64. The molecule has 0 bridgehead atoms. The number of likely N-dealkylation sites (tertiary alicyclic amines) is 1. The molecule has 2 fully saturated rings. The maximum atomic E-state index is 13.8. The normalized spacial score (nSPS) is 19.7. The van der Waals surface area contributed by atoms with Crippen LogP contribution in [-0.4, -0.2) is 72.7 Å². The van der Waals surface area contributed by atoms with Crippen molar-refractivity contribution in [1.29, 1.82) is 0 Å². The summed E-state index contributed by atoms with van der Waals surface area (Å²) in [5.41, 5.74) is 0. The van der Waals surface area contributed by atoms with Crippen molar-refractivity contribution in [3.8, 4) is 0 Å². The van der Waals surface area contributed by atoms with E-state index in [0.29, 0.717) is 32.0 Å². The molecule has 3 rings (SSSR count). The molecule has 2 amide bonds. The second-order valence-corrected chi connectivity index (χ2v) is 6.60. The van der Waals surface area contributed by atoms with Gasteiger partial charge in [-0.25, -0.2) is 14.2 Å². The fraction of sp³-hybridized carbons (Fsp3) is 0.556. The van der Waals surface area contributed by atoms with Crippen LogP contribution in [0.15, 0.2) is 31.0 Å². The predicted molar refractivity (Wildman–Crippen MR) is 96.2 cm³/mol. The number of pyridine rings is 1. The van der Waals surface area contributed by atoms with Crippen LogP contribution in [0.2, 0.25) is 0 Å². The quantitative estimate of drug-likeness (QED) is 0.843. The third-order valence-electron chi connectivity index (χ3n) is 4.91. The molecule has 2 aliphatic rings. The molecule has 7 heteroatoms. The van der Waals surface area contributed by atoms with Crippen LogP contribution in [0.4, 0.5) is 15.0 Å². The summed E-state index contributed by atoms with van der Waals surface area (Å²) in [4.78, 5) is 22.6. The van der Waals surface area contributed by atoms with Crippen molar-refractivity contribution in [3.05, 3.63) is 36.8 Å². The Bertz CT molecular complexity index is 595. The van der Waals surface area contributed by atoms with Crippen LogP contribution in [0.5, 0.6) is 0 Å². The molecule has 6 nitrogen and oxygen atoms in total. The van der Waals surface area contributed by atoms with Crippen LogP contribution in [0, 0.1) is 5.82 Å². The van der Waals surface area contributed by atoms with E-state index in [1.807, 2.05) is 15.9 Å². The number of anilines is 1. The zero-order chi connectivity index (χ0) is 17.6. The van der Waals surface area contributed by atoms with E-state index in [-0.39, 0.29) is 17.9 Å². The van der Waals surface area contributed by atoms with Gasteiger partial charge >= 0.3 is 6.03 Å². The van der Waals surface area contributed by atoms with Gasteiger partial charge in [-0.3, -0.25) is 4.90 Å². The molecule has 2 saturated heterocycles. The second-order valence-electron chi connectivity index (χ2n) is 6.60. The SMILES string of the molecule is C=CCN1CCC(NC(=O)N2CCN(c3ncccc3F)CC2)CC1. The Morgan fingerprint density at radius 2 is 2.00 bits per heavy atom. The fourth-order valence-corrected chi connectivity index (χ4v) is 3.44. The summed E-state index contributed by atoms with van der Waals surface area (Å²) in [7, 11) is 0. The van der Waals surface area contributed by atoms with Crippen molar-refractivity contribution < 1.29 is 9.18 Å². The van der Waals surface area contributed by atoms with E-state index < -0.39 is 0 Å². The Morgan fingerprint density at radius 1 is 1.28 bits per heavy atom. The van der Waals surface area contributed by atoms with Crippen molar-refractivity contribution in [2.24, 2.45) is 0 Å². The molecule has 25 heavy (non-hydrogen) atoms. The summed E-state index contributed by atoms with van der Waals surface area (Å²) in [5, 5.41) is 3.14. The van der Waals surface area contributed by atoms with Gasteiger partial charge in [0.1, 0.15) is 0 Å². The van der Waals surface area contributed by atoms with E-state index in [9.17, 15) is 9.18 Å². The molecular weight excluding hydrogens is 321 g/mol. The number of amides is 2. The van der Waals surface area contributed by atoms with E-state index in [1.165, 1.54) is 6.07 Å². The lowest BCUT2D eigenvalue weighted by molar-refractivity contribution is 0.174. The highest BCUT2D eigenvalue weighted by Gasteiger charge is 2.26. The van der Waals surface area contributed by atoms with Gasteiger partial charge in [-0.2, -0.15) is 0 Å². The number of nitrogens with one attached hydrogen (secondary N) is 1. The van der Waals surface area contributed by atoms with Crippen molar-refractivity contribution in [1.82, 2.24) is 20.1 Å². The molecule has 0 unspecified atom stereocenters. The summed E-state index contributed by atoms with van der Waals surface area (Å²) in [6.45, 7) is 9.01. The van der Waals surface area contributed by atoms with Gasteiger partial charge in [0.25, 0.3) is 0 Å². The Balaban J connectivity index is 1.44. The molecular formula is C18H26FN5O. The average molecular weight is 347 g/mol. The van der Waals surface area contributed by atoms with Crippen molar-refractivity contribution in [3.63, 3.8) is 0 Å². The maximum absolute atomic E-state index is 13.8. The standard InChI is InChI=1S/C18H26FN5O/c1-2-8-22-9-5-15(6-10-22)21-18(25)24-13-11-23(12-14-24)17-16(19)4-3-7-20-17/h2-4,7,15H,1,5-6,8-14H2,(H,21,25). The Morgan fingerprint density at radius 3 is 2.64 bits per heavy atom. The van der Waals surface area contributed by atoms with Crippen LogP contribution in [0.1, 0.15) is 12.8 Å². The molecule has 2 aliphatic heterocycles. The lowest BCUT2D eigenvalue weighted by Crippen LogP contribution is -2.55. The second kappa shape index (κ2) is 8.29. The maximum Gasteiger partial charge on any atom is 0.317 e. The lowest BCUT2D eigenvalue weighted by atomic mass is 10.1. The number of piperazine rings is 1. The van der Waals surface area contributed by atoms with Gasteiger partial charge in [-0.05, 0) is 25.0 Å². The number of carbonyl (C=O) groups excluding carboxylic acids is 1. The number of nitrogens with zero attached hydrogens (tertiary/aromatic N) is 4. The summed E-state index contributed by atoms with van der Waals surface area (Å²) in [5.74, 6) is 0.0591. The number of hydrogen-bond donors (Lipinski definition) is 1. The van der Waals surface area contributed by atoms with E-state index in [0.717, 1.165) is 32.5 Å². The number of halogens is 1. The van der Waals surface area contributed by atoms with Gasteiger partial charge in [0.15, 0.2) is 11.6 Å². The monoisotopic (exact) mass is 347 g/mol. The number of hydrogen-bond acceptors (Lipinski definition) is 4. The predicted octanol–water partition coefficient (Wildman–Crippen LogP) is 1.70. The Labute approximate surface area is 148 Å². The number of rotatable bonds is 4. The summed E-state index contributed by atoms with van der Waals surface area (Å²) in [6, 6.07) is 3.23. The minimum Gasteiger partial charge on any atom is -0.351 e. The summed E-state index contributed by atoms with van der Waals surface area (Å²) < 4.78 is 13.8. The largest absolute Gasteiger partial charge is 0.351 e. The van der Waals surface area contributed by atoms with Crippen LogP contribution in [-0.2, 0) is 0 Å². The highest BCUT2D eigenvalue weighted by atomic mass is 19.1. The number of carbonyl (C=O) groups is 1. The first kappa shape index (κ1) is 17.7. The minimum atomic E-state index is -0.313. The van der Waals surface area contributed by atoms with E-state index in [4.69, 9.17) is 0 Å². The molecule has 1 aromatic rings. The van der Waals surface area contributed by atoms with Crippen LogP contribution < -0.4 is 10.2 Å². The van der Waals surface area contributed by atoms with Crippen LogP contribution >= 0.6 is 0 Å². The number of urea groups is 1. The molecule has 3 heterocycles. The Kier molecular flexibility index (Phi) is 5.86. The van der Waals surface area contributed by atoms with Crippen molar-refractivity contribution in [2.75, 3.05) is 50.7 Å². The molecule has 0 atom stereocenters. The van der Waals surface area contributed by atoms with Gasteiger partial charge in [0, 0.05) is 58.1 Å². The zero-order valence-corrected chi connectivity index (χ0v) is 14.5. The molecule has 0 aromatic carbocycles. The smallest absolute Gasteiger partial charge is 0.317 e. The van der Waals surface area contributed by atoms with Crippen LogP contribution in [0.25, 0.3) is 0 Å². The molecule has 0 radical (unpaired) electrons. The van der Waals surface area contributed by atoms with Gasteiger partial charge in [-0.15, -0.1) is 6.58 Å². The first-order chi connectivity index (χ1) is 12.2. The summed E-state index contributed by atoms with van der Waals surface area (Å²) in [6.07, 6.45) is 5.45. The molecule has 1 aromatic heterocycles. The van der Waals surface area contributed by atoms with Gasteiger partial charge < -0.3 is 15.1 Å². The fourth-order valence-electron chi connectivity index (χ4n) is 3.44. The zero-order valence-electron chi connectivity index (χ0n) is 14.5. The lowest BCUT2D eigenvalue weighted by Gasteiger charge is -2.37. The first-order valence-electron chi connectivity index (χ1n) is 8.91. The highest BCUT2D eigenvalue weighted by Crippen LogP contribution is 2.17. The van der Waals surface area contributed by atoms with E-state index in [2.05, 4.69) is 21.8 Å². The molecule has 0 aliphatic carbocycles. The van der Waals surface area contributed by atoms with Gasteiger partial charge in [0.05, 0.1) is 0 Å². The summed E-state index contributed by atoms with van der Waals surface area (Å²) >= 11 is 0. The van der Waals surface area contributed by atoms with Gasteiger partial charge in [0.2, 0.25) is 0 Å². The molecule has 0 spiro atoms. The highest BCUT2D eigenvalue weighted by molar-refractivity contribution is 5.75. The third kappa shape index (κ3) is 4.48. The van der Waals surface area contributed by atoms with Crippen molar-refractivity contribution >= 4 is 11.8 Å². The molecule has 1 N–H and O–H groups in total.